The fourth-order valence-electron chi connectivity index (χ4n) is 3.97. The molecule has 2 aromatic rings. The second kappa shape index (κ2) is 5.73. The Morgan fingerprint density at radius 2 is 2.12 bits per heavy atom. The zero-order valence-corrected chi connectivity index (χ0v) is 15.0. The Morgan fingerprint density at radius 3 is 2.85 bits per heavy atom. The largest absolute Gasteiger partial charge is 0.496 e. The number of carbonyl (C=O) groups excluding carboxylic acids is 1. The van der Waals surface area contributed by atoms with Gasteiger partial charge in [-0.15, -0.1) is 0 Å². The molecule has 2 heterocycles. The number of carbonyl (C=O) groups is 1. The van der Waals surface area contributed by atoms with Gasteiger partial charge in [0.2, 0.25) is 0 Å². The van der Waals surface area contributed by atoms with E-state index in [-0.39, 0.29) is 11.2 Å². The zero-order chi connectivity index (χ0) is 18.5. The number of benzene rings is 1. The second-order valence-electron chi connectivity index (χ2n) is 7.57. The molecule has 6 heteroatoms. The number of rotatable bonds is 2. The van der Waals surface area contributed by atoms with Crippen LogP contribution >= 0.6 is 0 Å². The van der Waals surface area contributed by atoms with Crippen molar-refractivity contribution in [1.82, 2.24) is 9.78 Å². The fraction of sp³-hybridized carbons (Fsp3) is 0.350. The fourth-order valence-corrected chi connectivity index (χ4v) is 3.97. The maximum atomic E-state index is 13.1. The van der Waals surface area contributed by atoms with Gasteiger partial charge in [0.15, 0.2) is 5.78 Å². The summed E-state index contributed by atoms with van der Waals surface area (Å²) in [5, 5.41) is 17.2. The first-order chi connectivity index (χ1) is 12.4. The van der Waals surface area contributed by atoms with Gasteiger partial charge in [-0.2, -0.15) is 10.4 Å². The first-order valence-electron chi connectivity index (χ1n) is 8.59. The van der Waals surface area contributed by atoms with Crippen LogP contribution in [0.4, 0.5) is 5.82 Å². The predicted octanol–water partition coefficient (Wildman–Crippen LogP) is 3.42. The molecule has 0 fully saturated rings. The van der Waals surface area contributed by atoms with Crippen LogP contribution in [0.1, 0.15) is 43.9 Å². The molecule has 0 bridgehead atoms. The van der Waals surface area contributed by atoms with Crippen molar-refractivity contribution in [3.05, 3.63) is 52.9 Å². The van der Waals surface area contributed by atoms with Gasteiger partial charge in [-0.1, -0.05) is 32.0 Å². The van der Waals surface area contributed by atoms with E-state index in [1.54, 1.807) is 18.0 Å². The third-order valence-electron chi connectivity index (χ3n) is 5.06. The summed E-state index contributed by atoms with van der Waals surface area (Å²) in [4.78, 5) is 13.1. The topological polar surface area (TPSA) is 79.9 Å². The molecule has 0 saturated heterocycles. The van der Waals surface area contributed by atoms with Crippen LogP contribution < -0.4 is 10.1 Å². The van der Waals surface area contributed by atoms with E-state index in [9.17, 15) is 10.1 Å². The molecule has 26 heavy (non-hydrogen) atoms. The molecular formula is C20H20N4O2. The first-order valence-corrected chi connectivity index (χ1v) is 8.59. The number of nitrogens with one attached hydrogen (secondary N) is 1. The van der Waals surface area contributed by atoms with Gasteiger partial charge in [-0.05, 0) is 17.9 Å². The lowest BCUT2D eigenvalue weighted by Gasteiger charge is -2.39. The van der Waals surface area contributed by atoms with Crippen molar-refractivity contribution in [1.29, 1.82) is 5.26 Å². The quantitative estimate of drug-likeness (QED) is 0.899. The van der Waals surface area contributed by atoms with Crippen molar-refractivity contribution in [3.63, 3.8) is 0 Å². The maximum Gasteiger partial charge on any atom is 0.163 e. The average Bonchev–Trinajstić information content (AvgIpc) is 3.01. The lowest BCUT2D eigenvalue weighted by atomic mass is 9.73. The highest BCUT2D eigenvalue weighted by atomic mass is 16.5. The number of allylic oxidation sites excluding steroid dienone is 2. The highest BCUT2D eigenvalue weighted by molar-refractivity contribution is 6.00. The molecule has 6 nitrogen and oxygen atoms in total. The third kappa shape index (κ3) is 2.39. The molecule has 0 amide bonds. The van der Waals surface area contributed by atoms with E-state index in [0.29, 0.717) is 29.1 Å². The van der Waals surface area contributed by atoms with Crippen LogP contribution in [0, 0.1) is 16.7 Å². The Kier molecular flexibility index (Phi) is 3.62. The maximum absolute atomic E-state index is 13.1. The minimum atomic E-state index is -0.400. The van der Waals surface area contributed by atoms with Gasteiger partial charge in [0.25, 0.3) is 0 Å². The summed E-state index contributed by atoms with van der Waals surface area (Å²) in [6.07, 6.45) is 2.77. The van der Waals surface area contributed by atoms with Crippen molar-refractivity contribution in [2.75, 3.05) is 12.4 Å². The van der Waals surface area contributed by atoms with Gasteiger partial charge >= 0.3 is 0 Å². The zero-order valence-electron chi connectivity index (χ0n) is 15.0. The van der Waals surface area contributed by atoms with Gasteiger partial charge in [-0.25, -0.2) is 4.68 Å². The number of fused-ring (bicyclic) bond motifs is 1. The molecular weight excluding hydrogens is 328 g/mol. The molecule has 1 aliphatic heterocycles. The van der Waals surface area contributed by atoms with Crippen LogP contribution in [0.3, 0.4) is 0 Å². The predicted molar refractivity (Wildman–Crippen MR) is 96.7 cm³/mol. The van der Waals surface area contributed by atoms with Crippen molar-refractivity contribution in [2.24, 2.45) is 5.41 Å². The Morgan fingerprint density at radius 1 is 1.35 bits per heavy atom. The van der Waals surface area contributed by atoms with Crippen LogP contribution in [-0.4, -0.2) is 22.7 Å². The number of Topliss-reactive ketones (excluding diaryl/α,β-unsaturated/α-hetero) is 1. The van der Waals surface area contributed by atoms with Crippen molar-refractivity contribution < 1.29 is 9.53 Å². The molecule has 0 saturated carbocycles. The molecule has 0 unspecified atom stereocenters. The number of methoxy groups -OCH3 is 1. The highest BCUT2D eigenvalue weighted by Gasteiger charge is 2.42. The number of nitrogens with zero attached hydrogens (tertiary/aromatic N) is 3. The van der Waals surface area contributed by atoms with E-state index in [4.69, 9.17) is 4.74 Å². The van der Waals surface area contributed by atoms with Gasteiger partial charge in [0, 0.05) is 23.3 Å². The van der Waals surface area contributed by atoms with Gasteiger partial charge in [0.05, 0.1) is 13.3 Å². The normalized spacial score (nSPS) is 20.7. The van der Waals surface area contributed by atoms with Crippen LogP contribution in [-0.2, 0) is 4.79 Å². The summed E-state index contributed by atoms with van der Waals surface area (Å²) >= 11 is 0. The summed E-state index contributed by atoms with van der Waals surface area (Å²) in [6, 6.07) is 9.43. The minimum Gasteiger partial charge on any atom is -0.496 e. The summed E-state index contributed by atoms with van der Waals surface area (Å²) < 4.78 is 7.27. The summed E-state index contributed by atoms with van der Waals surface area (Å²) in [5.74, 6) is 1.44. The molecule has 0 spiro atoms. The summed E-state index contributed by atoms with van der Waals surface area (Å²) in [5.41, 5.74) is 2.81. The number of ketones is 1. The van der Waals surface area contributed by atoms with Crippen LogP contribution in [0.2, 0.25) is 0 Å². The first kappa shape index (κ1) is 16.4. The van der Waals surface area contributed by atoms with E-state index >= 15 is 0 Å². The SMILES string of the molecule is COc1ccccc1[C@@H]1C2=C(CC(C)(C)CC2=O)Nc2c(C#N)cnn21. The van der Waals surface area contributed by atoms with Crippen LogP contribution in [0.15, 0.2) is 41.7 Å². The number of nitriles is 1. The Balaban J connectivity index is 1.98. The molecule has 1 aromatic carbocycles. The third-order valence-corrected chi connectivity index (χ3v) is 5.06. The molecule has 1 aliphatic carbocycles. The number of hydrogen-bond donors (Lipinski definition) is 1. The molecule has 4 rings (SSSR count). The van der Waals surface area contributed by atoms with Gasteiger partial charge in [-0.3, -0.25) is 4.79 Å². The van der Waals surface area contributed by atoms with Gasteiger partial charge < -0.3 is 10.1 Å². The average molecular weight is 348 g/mol. The number of para-hydroxylation sites is 1. The highest BCUT2D eigenvalue weighted by Crippen LogP contribution is 2.47. The second-order valence-corrected chi connectivity index (χ2v) is 7.57. The van der Waals surface area contributed by atoms with E-state index in [1.165, 1.54) is 0 Å². The Bertz CT molecular complexity index is 978. The Hall–Kier alpha value is -3.07. The smallest absolute Gasteiger partial charge is 0.163 e. The van der Waals surface area contributed by atoms with Crippen LogP contribution in [0.25, 0.3) is 0 Å². The number of aromatic nitrogens is 2. The number of hydrogen-bond acceptors (Lipinski definition) is 5. The standard InChI is InChI=1S/C20H20N4O2/c1-20(2)8-14-17(15(25)9-20)18(13-6-4-5-7-16(13)26-3)24-19(23-14)12(10-21)11-22-24/h4-7,11,18,23H,8-9H2,1-3H3/t18-/m1/s1. The van der Waals surface area contributed by atoms with E-state index < -0.39 is 6.04 Å². The molecule has 2 aliphatic rings. The number of ether oxygens (including phenoxy) is 1. The van der Waals surface area contributed by atoms with Crippen molar-refractivity contribution >= 4 is 11.6 Å². The molecule has 0 radical (unpaired) electrons. The molecule has 132 valence electrons. The lowest BCUT2D eigenvalue weighted by Crippen LogP contribution is -2.36. The van der Waals surface area contributed by atoms with Crippen molar-refractivity contribution in [3.8, 4) is 11.8 Å². The van der Waals surface area contributed by atoms with E-state index in [2.05, 4.69) is 30.3 Å². The lowest BCUT2D eigenvalue weighted by molar-refractivity contribution is -0.118. The van der Waals surface area contributed by atoms with E-state index in [0.717, 1.165) is 17.7 Å². The summed E-state index contributed by atoms with van der Waals surface area (Å²) in [7, 11) is 1.62. The van der Waals surface area contributed by atoms with Gasteiger partial charge in [0.1, 0.15) is 29.2 Å². The summed E-state index contributed by atoms with van der Waals surface area (Å²) in [6.45, 7) is 4.18. The van der Waals surface area contributed by atoms with Crippen LogP contribution in [0.5, 0.6) is 5.75 Å². The molecule has 1 N–H and O–H groups in total. The van der Waals surface area contributed by atoms with E-state index in [1.807, 2.05) is 24.3 Å². The number of anilines is 1. The molecule has 1 aromatic heterocycles. The molecule has 1 atom stereocenters. The Labute approximate surface area is 152 Å². The monoisotopic (exact) mass is 348 g/mol. The van der Waals surface area contributed by atoms with Crippen molar-refractivity contribution in [2.45, 2.75) is 32.7 Å². The minimum absolute atomic E-state index is 0.110.